The molecule has 76 valence electrons. The van der Waals surface area contributed by atoms with E-state index in [2.05, 4.69) is 4.98 Å². The molecule has 0 spiro atoms. The molecule has 0 aromatic carbocycles. The average Bonchev–Trinajstić information content (AvgIpc) is 2.15. The third-order valence-electron chi connectivity index (χ3n) is 1.97. The first-order chi connectivity index (χ1) is 6.45. The zero-order chi connectivity index (χ0) is 10.8. The van der Waals surface area contributed by atoms with Gasteiger partial charge in [-0.05, 0) is 12.1 Å². The summed E-state index contributed by atoms with van der Waals surface area (Å²) < 4.78 is 0. The SMILES string of the molecule is CC(C)(C)C(=O)c1ccnc(CN)c1. The lowest BCUT2D eigenvalue weighted by Crippen LogP contribution is -2.20. The Hall–Kier alpha value is -1.22. The Bertz CT molecular complexity index is 339. The maximum Gasteiger partial charge on any atom is 0.168 e. The van der Waals surface area contributed by atoms with Crippen molar-refractivity contribution >= 4 is 5.78 Å². The number of carbonyl (C=O) groups excluding carboxylic acids is 1. The highest BCUT2D eigenvalue weighted by molar-refractivity contribution is 5.99. The van der Waals surface area contributed by atoms with Gasteiger partial charge in [-0.15, -0.1) is 0 Å². The number of hydrogen-bond acceptors (Lipinski definition) is 3. The second-order valence-corrected chi connectivity index (χ2v) is 4.32. The van der Waals surface area contributed by atoms with Crippen molar-refractivity contribution in [1.82, 2.24) is 4.98 Å². The molecule has 0 unspecified atom stereocenters. The molecule has 0 aliphatic rings. The van der Waals surface area contributed by atoms with E-state index in [0.717, 1.165) is 5.69 Å². The molecule has 1 aromatic heterocycles. The van der Waals surface area contributed by atoms with Gasteiger partial charge in [0.05, 0.1) is 5.69 Å². The summed E-state index contributed by atoms with van der Waals surface area (Å²) in [5.74, 6) is 0.120. The maximum absolute atomic E-state index is 11.9. The summed E-state index contributed by atoms with van der Waals surface area (Å²) in [4.78, 5) is 15.9. The fourth-order valence-corrected chi connectivity index (χ4v) is 1.16. The van der Waals surface area contributed by atoms with Gasteiger partial charge in [0.25, 0.3) is 0 Å². The zero-order valence-corrected chi connectivity index (χ0v) is 8.87. The number of rotatable bonds is 2. The van der Waals surface area contributed by atoms with E-state index in [1.807, 2.05) is 20.8 Å². The van der Waals surface area contributed by atoms with Gasteiger partial charge in [0.2, 0.25) is 0 Å². The third kappa shape index (κ3) is 2.39. The van der Waals surface area contributed by atoms with Crippen LogP contribution < -0.4 is 5.73 Å². The summed E-state index contributed by atoms with van der Waals surface area (Å²) in [6.07, 6.45) is 1.63. The third-order valence-corrected chi connectivity index (χ3v) is 1.97. The Morgan fingerprint density at radius 1 is 1.50 bits per heavy atom. The van der Waals surface area contributed by atoms with E-state index in [9.17, 15) is 4.79 Å². The smallest absolute Gasteiger partial charge is 0.168 e. The summed E-state index contributed by atoms with van der Waals surface area (Å²) in [6, 6.07) is 3.49. The minimum atomic E-state index is -0.354. The lowest BCUT2D eigenvalue weighted by molar-refractivity contribution is 0.0858. The van der Waals surface area contributed by atoms with Crippen LogP contribution in [0.2, 0.25) is 0 Å². The normalized spacial score (nSPS) is 11.4. The van der Waals surface area contributed by atoms with Gasteiger partial charge < -0.3 is 5.73 Å². The Balaban J connectivity index is 3.02. The number of Topliss-reactive ketones (excluding diaryl/α,β-unsaturated/α-hetero) is 1. The second-order valence-electron chi connectivity index (χ2n) is 4.32. The second kappa shape index (κ2) is 3.88. The highest BCUT2D eigenvalue weighted by atomic mass is 16.1. The van der Waals surface area contributed by atoms with Crippen molar-refractivity contribution in [3.8, 4) is 0 Å². The summed E-state index contributed by atoms with van der Waals surface area (Å²) in [5, 5.41) is 0. The quantitative estimate of drug-likeness (QED) is 0.726. The van der Waals surface area contributed by atoms with E-state index in [0.29, 0.717) is 12.1 Å². The first kappa shape index (κ1) is 10.9. The molecule has 1 heterocycles. The van der Waals surface area contributed by atoms with Crippen LogP contribution in [0.1, 0.15) is 36.8 Å². The number of nitrogens with two attached hydrogens (primary N) is 1. The van der Waals surface area contributed by atoms with Crippen LogP contribution in [-0.2, 0) is 6.54 Å². The van der Waals surface area contributed by atoms with Gasteiger partial charge in [0.1, 0.15) is 0 Å². The van der Waals surface area contributed by atoms with Gasteiger partial charge in [0.15, 0.2) is 5.78 Å². The van der Waals surface area contributed by atoms with Crippen molar-refractivity contribution in [2.75, 3.05) is 0 Å². The predicted molar refractivity (Wildman–Crippen MR) is 55.9 cm³/mol. The van der Waals surface area contributed by atoms with Crippen molar-refractivity contribution < 1.29 is 4.79 Å². The zero-order valence-electron chi connectivity index (χ0n) is 8.87. The van der Waals surface area contributed by atoms with E-state index >= 15 is 0 Å². The van der Waals surface area contributed by atoms with Crippen molar-refractivity contribution in [2.45, 2.75) is 27.3 Å². The fourth-order valence-electron chi connectivity index (χ4n) is 1.16. The topological polar surface area (TPSA) is 56.0 Å². The molecule has 1 aromatic rings. The molecule has 14 heavy (non-hydrogen) atoms. The molecule has 0 aliphatic heterocycles. The van der Waals surface area contributed by atoms with Crippen LogP contribution >= 0.6 is 0 Å². The van der Waals surface area contributed by atoms with Gasteiger partial charge in [-0.25, -0.2) is 0 Å². The summed E-state index contributed by atoms with van der Waals surface area (Å²) in [5.41, 5.74) is 6.54. The molecule has 0 saturated carbocycles. The number of hydrogen-bond donors (Lipinski definition) is 1. The molecule has 3 nitrogen and oxygen atoms in total. The lowest BCUT2D eigenvalue weighted by atomic mass is 9.87. The fraction of sp³-hybridized carbons (Fsp3) is 0.455. The number of ketones is 1. The van der Waals surface area contributed by atoms with Gasteiger partial charge in [-0.2, -0.15) is 0 Å². The standard InChI is InChI=1S/C11H16N2O/c1-11(2,3)10(14)8-4-5-13-9(6-8)7-12/h4-6H,7,12H2,1-3H3. The molecule has 0 aliphatic carbocycles. The minimum absolute atomic E-state index is 0.120. The average molecular weight is 192 g/mol. The number of aromatic nitrogens is 1. The van der Waals surface area contributed by atoms with Gasteiger partial charge >= 0.3 is 0 Å². The Labute approximate surface area is 84.3 Å². The van der Waals surface area contributed by atoms with Crippen LogP contribution in [-0.4, -0.2) is 10.8 Å². The van der Waals surface area contributed by atoms with Crippen molar-refractivity contribution in [3.05, 3.63) is 29.6 Å². The molecular formula is C11H16N2O. The molecule has 0 saturated heterocycles. The van der Waals surface area contributed by atoms with Crippen molar-refractivity contribution in [2.24, 2.45) is 11.1 Å². The van der Waals surface area contributed by atoms with Gasteiger partial charge in [-0.1, -0.05) is 20.8 Å². The van der Waals surface area contributed by atoms with Gasteiger partial charge in [0, 0.05) is 23.7 Å². The molecule has 0 fully saturated rings. The number of carbonyl (C=O) groups is 1. The Kier molecular flexibility index (Phi) is 3.01. The first-order valence-electron chi connectivity index (χ1n) is 4.65. The highest BCUT2D eigenvalue weighted by Gasteiger charge is 2.22. The first-order valence-corrected chi connectivity index (χ1v) is 4.65. The molecule has 2 N–H and O–H groups in total. The van der Waals surface area contributed by atoms with Crippen molar-refractivity contribution in [1.29, 1.82) is 0 Å². The summed E-state index contributed by atoms with van der Waals surface area (Å²) >= 11 is 0. The van der Waals surface area contributed by atoms with Crippen LogP contribution in [0.25, 0.3) is 0 Å². The lowest BCUT2D eigenvalue weighted by Gasteiger charge is -2.16. The van der Waals surface area contributed by atoms with Crippen molar-refractivity contribution in [3.63, 3.8) is 0 Å². The largest absolute Gasteiger partial charge is 0.325 e. The molecule has 0 atom stereocenters. The molecule has 0 bridgehead atoms. The number of pyridine rings is 1. The van der Waals surface area contributed by atoms with E-state index in [1.54, 1.807) is 18.3 Å². The van der Waals surface area contributed by atoms with Gasteiger partial charge in [-0.3, -0.25) is 9.78 Å². The van der Waals surface area contributed by atoms with Crippen LogP contribution in [0.4, 0.5) is 0 Å². The highest BCUT2D eigenvalue weighted by Crippen LogP contribution is 2.20. The monoisotopic (exact) mass is 192 g/mol. The minimum Gasteiger partial charge on any atom is -0.325 e. The van der Waals surface area contributed by atoms with E-state index < -0.39 is 0 Å². The molecule has 1 rings (SSSR count). The van der Waals surface area contributed by atoms with E-state index in [4.69, 9.17) is 5.73 Å². The summed E-state index contributed by atoms with van der Waals surface area (Å²) in [6.45, 7) is 6.07. The van der Waals surface area contributed by atoms with Crippen LogP contribution in [0.3, 0.4) is 0 Å². The molecular weight excluding hydrogens is 176 g/mol. The molecule has 3 heteroatoms. The van der Waals surface area contributed by atoms with Crippen LogP contribution in [0, 0.1) is 5.41 Å². The van der Waals surface area contributed by atoms with Crippen LogP contribution in [0.15, 0.2) is 18.3 Å². The van der Waals surface area contributed by atoms with E-state index in [1.165, 1.54) is 0 Å². The van der Waals surface area contributed by atoms with E-state index in [-0.39, 0.29) is 11.2 Å². The Morgan fingerprint density at radius 2 is 2.14 bits per heavy atom. The number of nitrogens with zero attached hydrogens (tertiary/aromatic N) is 1. The summed E-state index contributed by atoms with van der Waals surface area (Å²) in [7, 11) is 0. The molecule has 0 radical (unpaired) electrons. The maximum atomic E-state index is 11.9. The predicted octanol–water partition coefficient (Wildman–Crippen LogP) is 1.77. The Morgan fingerprint density at radius 3 is 2.64 bits per heavy atom. The molecule has 0 amide bonds. The van der Waals surface area contributed by atoms with Crippen LogP contribution in [0.5, 0.6) is 0 Å².